The molecular formula is C14H21N3O4. The van der Waals surface area contributed by atoms with Crippen molar-refractivity contribution in [3.8, 4) is 0 Å². The Balaban J connectivity index is 3.15. The van der Waals surface area contributed by atoms with Crippen molar-refractivity contribution in [3.05, 3.63) is 38.4 Å². The van der Waals surface area contributed by atoms with Gasteiger partial charge in [-0.05, 0) is 18.9 Å². The average Bonchev–Trinajstić information content (AvgIpc) is 2.46. The molecule has 0 aromatic heterocycles. The minimum Gasteiger partial charge on any atom is -0.366 e. The molecule has 0 atom stereocenters. The molecule has 0 aliphatic heterocycles. The molecule has 0 saturated carbocycles. The van der Waals surface area contributed by atoms with E-state index in [-0.39, 0.29) is 11.4 Å². The molecule has 21 heavy (non-hydrogen) atoms. The first-order valence-electron chi connectivity index (χ1n) is 7.19. The van der Waals surface area contributed by atoms with Crippen LogP contribution < -0.4 is 4.90 Å². The lowest BCUT2D eigenvalue weighted by molar-refractivity contribution is -0.393. The largest absolute Gasteiger partial charge is 0.366 e. The molecular weight excluding hydrogens is 274 g/mol. The van der Waals surface area contributed by atoms with E-state index in [2.05, 4.69) is 13.8 Å². The number of unbranched alkanes of at least 4 members (excludes halogenated alkanes) is 2. The van der Waals surface area contributed by atoms with Gasteiger partial charge in [0.1, 0.15) is 5.69 Å². The first-order chi connectivity index (χ1) is 10.0. The molecule has 116 valence electrons. The summed E-state index contributed by atoms with van der Waals surface area (Å²) in [6.45, 7) is 5.55. The second-order valence-corrected chi connectivity index (χ2v) is 4.88. The zero-order valence-electron chi connectivity index (χ0n) is 12.4. The summed E-state index contributed by atoms with van der Waals surface area (Å²) in [5.41, 5.74) is 0.0142. The number of nitrogens with zero attached hydrogens (tertiary/aromatic N) is 3. The molecule has 0 N–H and O–H groups in total. The van der Waals surface area contributed by atoms with Gasteiger partial charge in [0.2, 0.25) is 0 Å². The summed E-state index contributed by atoms with van der Waals surface area (Å²) in [5, 5.41) is 22.0. The smallest absolute Gasteiger partial charge is 0.299 e. The second-order valence-electron chi connectivity index (χ2n) is 4.88. The Kier molecular flexibility index (Phi) is 6.58. The van der Waals surface area contributed by atoms with E-state index in [1.54, 1.807) is 0 Å². The molecule has 0 fully saturated rings. The predicted molar refractivity (Wildman–Crippen MR) is 81.8 cm³/mol. The molecule has 0 spiro atoms. The summed E-state index contributed by atoms with van der Waals surface area (Å²) in [7, 11) is 0. The van der Waals surface area contributed by atoms with E-state index in [1.165, 1.54) is 12.1 Å². The third-order valence-electron chi connectivity index (χ3n) is 3.27. The summed E-state index contributed by atoms with van der Waals surface area (Å²) >= 11 is 0. The van der Waals surface area contributed by atoms with Crippen LogP contribution in [0, 0.1) is 20.2 Å². The minimum absolute atomic E-state index is 0.198. The molecule has 1 rings (SSSR count). The number of nitro groups is 2. The highest BCUT2D eigenvalue weighted by Gasteiger charge is 2.23. The van der Waals surface area contributed by atoms with Crippen molar-refractivity contribution in [2.75, 3.05) is 18.0 Å². The molecule has 0 aliphatic carbocycles. The lowest BCUT2D eigenvalue weighted by Gasteiger charge is -2.24. The van der Waals surface area contributed by atoms with E-state index in [0.717, 1.165) is 44.8 Å². The molecule has 0 bridgehead atoms. The third kappa shape index (κ3) is 4.70. The maximum atomic E-state index is 11.2. The van der Waals surface area contributed by atoms with Crippen LogP contribution in [-0.4, -0.2) is 22.9 Å². The number of hydrogen-bond acceptors (Lipinski definition) is 5. The van der Waals surface area contributed by atoms with Gasteiger partial charge >= 0.3 is 0 Å². The molecule has 0 radical (unpaired) electrons. The number of benzene rings is 1. The zero-order chi connectivity index (χ0) is 15.8. The first kappa shape index (κ1) is 16.9. The number of hydrogen-bond donors (Lipinski definition) is 0. The van der Waals surface area contributed by atoms with E-state index in [0.29, 0.717) is 5.69 Å². The summed E-state index contributed by atoms with van der Waals surface area (Å²) < 4.78 is 0. The van der Waals surface area contributed by atoms with Crippen molar-refractivity contribution in [1.82, 2.24) is 0 Å². The monoisotopic (exact) mass is 295 g/mol. The topological polar surface area (TPSA) is 89.5 Å². The molecule has 1 aromatic carbocycles. The van der Waals surface area contributed by atoms with E-state index in [9.17, 15) is 20.2 Å². The van der Waals surface area contributed by atoms with Crippen LogP contribution in [0.3, 0.4) is 0 Å². The quantitative estimate of drug-likeness (QED) is 0.509. The van der Waals surface area contributed by atoms with Gasteiger partial charge in [0.25, 0.3) is 11.4 Å². The lowest BCUT2D eigenvalue weighted by atomic mass is 10.2. The lowest BCUT2D eigenvalue weighted by Crippen LogP contribution is -2.26. The van der Waals surface area contributed by atoms with Gasteiger partial charge < -0.3 is 4.90 Å². The molecule has 7 heteroatoms. The van der Waals surface area contributed by atoms with Gasteiger partial charge in [0.05, 0.1) is 15.9 Å². The Morgan fingerprint density at radius 2 is 1.57 bits per heavy atom. The van der Waals surface area contributed by atoms with Crippen molar-refractivity contribution in [2.45, 2.75) is 39.5 Å². The van der Waals surface area contributed by atoms with Gasteiger partial charge in [-0.15, -0.1) is 0 Å². The van der Waals surface area contributed by atoms with E-state index >= 15 is 0 Å². The van der Waals surface area contributed by atoms with Gasteiger partial charge in [-0.25, -0.2) is 0 Å². The highest BCUT2D eigenvalue weighted by Crippen LogP contribution is 2.32. The van der Waals surface area contributed by atoms with Crippen LogP contribution in [0.4, 0.5) is 17.1 Å². The Morgan fingerprint density at radius 1 is 1.00 bits per heavy atom. The standard InChI is InChI=1S/C14H21N3O4/c1-3-5-9-15(10-6-4-2)13-8-7-12(16(18)19)11-14(13)17(20)21/h7-8,11H,3-6,9-10H2,1-2H3. The van der Waals surface area contributed by atoms with Gasteiger partial charge in [0.15, 0.2) is 0 Å². The fraction of sp³-hybridized carbons (Fsp3) is 0.571. The second kappa shape index (κ2) is 8.18. The van der Waals surface area contributed by atoms with E-state index in [4.69, 9.17) is 0 Å². The van der Waals surface area contributed by atoms with Crippen molar-refractivity contribution in [1.29, 1.82) is 0 Å². The number of rotatable bonds is 9. The third-order valence-corrected chi connectivity index (χ3v) is 3.27. The first-order valence-corrected chi connectivity index (χ1v) is 7.19. The van der Waals surface area contributed by atoms with Crippen LogP contribution >= 0.6 is 0 Å². The maximum Gasteiger partial charge on any atom is 0.299 e. The maximum absolute atomic E-state index is 11.2. The van der Waals surface area contributed by atoms with Crippen LogP contribution in [0.1, 0.15) is 39.5 Å². The van der Waals surface area contributed by atoms with Gasteiger partial charge in [0, 0.05) is 19.2 Å². The SMILES string of the molecule is CCCCN(CCCC)c1ccc([N+](=O)[O-])cc1[N+](=O)[O-]. The number of anilines is 1. The molecule has 0 saturated heterocycles. The van der Waals surface area contributed by atoms with Crippen LogP contribution in [0.2, 0.25) is 0 Å². The number of nitro benzene ring substituents is 2. The number of non-ortho nitro benzene ring substituents is 1. The molecule has 0 amide bonds. The van der Waals surface area contributed by atoms with Crippen molar-refractivity contribution < 1.29 is 9.85 Å². The van der Waals surface area contributed by atoms with Gasteiger partial charge in [-0.1, -0.05) is 26.7 Å². The van der Waals surface area contributed by atoms with E-state index in [1.807, 2.05) is 4.90 Å². The Labute approximate surface area is 123 Å². The molecule has 7 nitrogen and oxygen atoms in total. The Bertz CT molecular complexity index is 497. The van der Waals surface area contributed by atoms with Gasteiger partial charge in [-0.2, -0.15) is 0 Å². The van der Waals surface area contributed by atoms with Crippen molar-refractivity contribution in [3.63, 3.8) is 0 Å². The van der Waals surface area contributed by atoms with Crippen molar-refractivity contribution in [2.24, 2.45) is 0 Å². The normalized spacial score (nSPS) is 10.4. The van der Waals surface area contributed by atoms with Crippen LogP contribution in [0.25, 0.3) is 0 Å². The molecule has 0 unspecified atom stereocenters. The minimum atomic E-state index is -0.612. The van der Waals surface area contributed by atoms with Crippen LogP contribution in [0.15, 0.2) is 18.2 Å². The van der Waals surface area contributed by atoms with Crippen LogP contribution in [0.5, 0.6) is 0 Å². The Hall–Kier alpha value is -2.18. The summed E-state index contributed by atoms with van der Waals surface area (Å²) in [4.78, 5) is 22.8. The summed E-state index contributed by atoms with van der Waals surface area (Å²) in [6, 6.07) is 3.86. The molecule has 0 heterocycles. The molecule has 0 aliphatic rings. The van der Waals surface area contributed by atoms with Gasteiger partial charge in [-0.3, -0.25) is 20.2 Å². The summed E-state index contributed by atoms with van der Waals surface area (Å²) in [6.07, 6.45) is 3.84. The predicted octanol–water partition coefficient (Wildman–Crippen LogP) is 3.91. The average molecular weight is 295 g/mol. The van der Waals surface area contributed by atoms with E-state index < -0.39 is 9.85 Å². The fourth-order valence-corrected chi connectivity index (χ4v) is 2.09. The highest BCUT2D eigenvalue weighted by molar-refractivity contribution is 5.66. The van der Waals surface area contributed by atoms with Crippen molar-refractivity contribution >= 4 is 17.1 Å². The highest BCUT2D eigenvalue weighted by atomic mass is 16.6. The summed E-state index contributed by atoms with van der Waals surface area (Å²) in [5.74, 6) is 0. The Morgan fingerprint density at radius 3 is 2.00 bits per heavy atom. The van der Waals surface area contributed by atoms with Crippen LogP contribution in [-0.2, 0) is 0 Å². The zero-order valence-corrected chi connectivity index (χ0v) is 12.4. The fourth-order valence-electron chi connectivity index (χ4n) is 2.09. The molecule has 1 aromatic rings.